The second kappa shape index (κ2) is 9.80. The summed E-state index contributed by atoms with van der Waals surface area (Å²) in [6.45, 7) is 1.90. The number of carbonyl (C=O) groups excluding carboxylic acids is 2. The van der Waals surface area contributed by atoms with Crippen LogP contribution in [0.2, 0.25) is 0 Å². The maximum Gasteiger partial charge on any atom is 0.270 e. The number of ether oxygens (including phenoxy) is 1. The van der Waals surface area contributed by atoms with E-state index in [-0.39, 0.29) is 18.4 Å². The minimum atomic E-state index is -0.236. The molecular formula is C25H20N2O3S2. The van der Waals surface area contributed by atoms with Crippen LogP contribution in [0.15, 0.2) is 83.8 Å². The van der Waals surface area contributed by atoms with Gasteiger partial charge < -0.3 is 10.1 Å². The molecule has 3 aromatic carbocycles. The molecule has 5 nitrogen and oxygen atoms in total. The van der Waals surface area contributed by atoms with Crippen molar-refractivity contribution in [3.05, 3.63) is 94.9 Å². The van der Waals surface area contributed by atoms with Crippen molar-refractivity contribution in [1.29, 1.82) is 0 Å². The number of aryl methyl sites for hydroxylation is 1. The third kappa shape index (κ3) is 5.25. The lowest BCUT2D eigenvalue weighted by atomic mass is 10.2. The van der Waals surface area contributed by atoms with Crippen LogP contribution < -0.4 is 15.0 Å². The van der Waals surface area contributed by atoms with Crippen molar-refractivity contribution >= 4 is 57.6 Å². The van der Waals surface area contributed by atoms with Gasteiger partial charge in [0, 0.05) is 5.69 Å². The second-order valence-corrected chi connectivity index (χ2v) is 8.80. The van der Waals surface area contributed by atoms with Crippen LogP contribution in [0.1, 0.15) is 11.1 Å². The summed E-state index contributed by atoms with van der Waals surface area (Å²) in [7, 11) is 0. The van der Waals surface area contributed by atoms with Crippen LogP contribution in [0.4, 0.5) is 11.4 Å². The van der Waals surface area contributed by atoms with E-state index in [4.69, 9.17) is 17.0 Å². The average molecular weight is 461 g/mol. The minimum absolute atomic E-state index is 0.0938. The second-order valence-electron chi connectivity index (χ2n) is 7.12. The number of hydrogen-bond donors (Lipinski definition) is 1. The molecule has 1 saturated heterocycles. The van der Waals surface area contributed by atoms with E-state index in [1.54, 1.807) is 23.1 Å². The van der Waals surface area contributed by atoms with Gasteiger partial charge in [-0.2, -0.15) is 0 Å². The highest BCUT2D eigenvalue weighted by molar-refractivity contribution is 8.27. The molecule has 0 bridgehead atoms. The number of thioether (sulfide) groups is 1. The summed E-state index contributed by atoms with van der Waals surface area (Å²) in [4.78, 5) is 27.0. The van der Waals surface area contributed by atoms with Gasteiger partial charge in [0.15, 0.2) is 10.9 Å². The highest BCUT2D eigenvalue weighted by Gasteiger charge is 2.33. The number of anilines is 2. The van der Waals surface area contributed by atoms with Gasteiger partial charge in [0.25, 0.3) is 11.8 Å². The van der Waals surface area contributed by atoms with Gasteiger partial charge >= 0.3 is 0 Å². The number of nitrogens with zero attached hydrogens (tertiary/aromatic N) is 1. The summed E-state index contributed by atoms with van der Waals surface area (Å²) in [5, 5.41) is 2.77. The van der Waals surface area contributed by atoms with Crippen LogP contribution in [0.5, 0.6) is 5.75 Å². The number of hydrogen-bond acceptors (Lipinski definition) is 5. The molecule has 0 aromatic heterocycles. The van der Waals surface area contributed by atoms with Gasteiger partial charge in [0.2, 0.25) is 0 Å². The smallest absolute Gasteiger partial charge is 0.270 e. The predicted molar refractivity (Wildman–Crippen MR) is 134 cm³/mol. The summed E-state index contributed by atoms with van der Waals surface area (Å²) in [6, 6.07) is 24.1. The highest BCUT2D eigenvalue weighted by atomic mass is 32.2. The molecule has 160 valence electrons. The lowest BCUT2D eigenvalue weighted by Crippen LogP contribution is -2.27. The van der Waals surface area contributed by atoms with Crippen molar-refractivity contribution in [1.82, 2.24) is 0 Å². The first-order chi connectivity index (χ1) is 15.5. The molecule has 4 rings (SSSR count). The van der Waals surface area contributed by atoms with Gasteiger partial charge in [-0.15, -0.1) is 0 Å². The molecule has 7 heteroatoms. The summed E-state index contributed by atoms with van der Waals surface area (Å²) in [6.07, 6.45) is 1.80. The Morgan fingerprint density at radius 3 is 2.41 bits per heavy atom. The molecule has 2 amide bonds. The van der Waals surface area contributed by atoms with Crippen molar-refractivity contribution in [2.24, 2.45) is 0 Å². The molecule has 0 radical (unpaired) electrons. The topological polar surface area (TPSA) is 58.6 Å². The molecule has 1 N–H and O–H groups in total. The summed E-state index contributed by atoms with van der Waals surface area (Å²) >= 11 is 6.70. The van der Waals surface area contributed by atoms with Crippen LogP contribution in [0.25, 0.3) is 6.08 Å². The van der Waals surface area contributed by atoms with Crippen molar-refractivity contribution in [2.75, 3.05) is 16.8 Å². The first kappa shape index (κ1) is 21.8. The van der Waals surface area contributed by atoms with E-state index in [0.29, 0.717) is 15.0 Å². The molecule has 1 heterocycles. The zero-order valence-corrected chi connectivity index (χ0v) is 18.9. The summed E-state index contributed by atoms with van der Waals surface area (Å²) in [5.41, 5.74) is 3.45. The molecule has 1 aliphatic rings. The quantitative estimate of drug-likeness (QED) is 0.393. The molecule has 0 saturated carbocycles. The van der Waals surface area contributed by atoms with Crippen LogP contribution in [0, 0.1) is 6.92 Å². The van der Waals surface area contributed by atoms with E-state index in [1.165, 1.54) is 11.8 Å². The first-order valence-electron chi connectivity index (χ1n) is 9.92. The minimum Gasteiger partial charge on any atom is -0.484 e. The van der Waals surface area contributed by atoms with Crippen LogP contribution in [-0.4, -0.2) is 22.7 Å². The molecule has 0 unspecified atom stereocenters. The molecule has 1 fully saturated rings. The number of rotatable bonds is 6. The normalized spacial score (nSPS) is 14.7. The molecule has 32 heavy (non-hydrogen) atoms. The van der Waals surface area contributed by atoms with Crippen molar-refractivity contribution in [2.45, 2.75) is 6.92 Å². The fraction of sp³-hybridized carbons (Fsp3) is 0.0800. The van der Waals surface area contributed by atoms with Gasteiger partial charge in [-0.25, -0.2) is 0 Å². The monoisotopic (exact) mass is 460 g/mol. The maximum absolute atomic E-state index is 12.9. The predicted octanol–water partition coefficient (Wildman–Crippen LogP) is 5.42. The SMILES string of the molecule is Cc1ccc(N2C(=O)/C(=C/c3ccc(OCC(=O)Nc4ccccc4)cc3)SC2=S)cc1. The Balaban J connectivity index is 1.37. The summed E-state index contributed by atoms with van der Waals surface area (Å²) < 4.78 is 6.06. The van der Waals surface area contributed by atoms with Gasteiger partial charge in [0.05, 0.1) is 10.6 Å². The van der Waals surface area contributed by atoms with Gasteiger partial charge in [0.1, 0.15) is 5.75 Å². The number of benzene rings is 3. The number of amides is 2. The third-order valence-electron chi connectivity index (χ3n) is 4.69. The summed E-state index contributed by atoms with van der Waals surface area (Å²) in [5.74, 6) is 0.194. The largest absolute Gasteiger partial charge is 0.484 e. The Morgan fingerprint density at radius 1 is 1.03 bits per heavy atom. The molecule has 0 atom stereocenters. The van der Waals surface area contributed by atoms with Crippen molar-refractivity contribution in [3.63, 3.8) is 0 Å². The molecule has 0 aliphatic carbocycles. The van der Waals surface area contributed by atoms with E-state index in [1.807, 2.05) is 73.7 Å². The van der Waals surface area contributed by atoms with Crippen molar-refractivity contribution < 1.29 is 14.3 Å². The van der Waals surface area contributed by atoms with Crippen LogP contribution >= 0.6 is 24.0 Å². The van der Waals surface area contributed by atoms with E-state index >= 15 is 0 Å². The molecular weight excluding hydrogens is 440 g/mol. The van der Waals surface area contributed by atoms with Gasteiger partial charge in [-0.05, 0) is 55.0 Å². The number of carbonyl (C=O) groups is 2. The lowest BCUT2D eigenvalue weighted by molar-refractivity contribution is -0.118. The van der Waals surface area contributed by atoms with Gasteiger partial charge in [-0.3, -0.25) is 14.5 Å². The molecule has 3 aromatic rings. The van der Waals surface area contributed by atoms with Gasteiger partial charge in [-0.1, -0.05) is 72.0 Å². The van der Waals surface area contributed by atoms with E-state index < -0.39 is 0 Å². The molecule has 1 aliphatic heterocycles. The zero-order chi connectivity index (χ0) is 22.5. The van der Waals surface area contributed by atoms with Crippen LogP contribution in [0.3, 0.4) is 0 Å². The number of nitrogens with one attached hydrogen (secondary N) is 1. The standard InChI is InChI=1S/C25H20N2O3S2/c1-17-7-11-20(12-8-17)27-24(29)22(32-25(27)31)15-18-9-13-21(14-10-18)30-16-23(28)26-19-5-3-2-4-6-19/h2-15H,16H2,1H3,(H,26,28)/b22-15-. The number of thiocarbonyl (C=S) groups is 1. The average Bonchev–Trinajstić information content (AvgIpc) is 3.07. The first-order valence-corrected chi connectivity index (χ1v) is 11.1. The highest BCUT2D eigenvalue weighted by Crippen LogP contribution is 2.36. The number of para-hydroxylation sites is 1. The maximum atomic E-state index is 12.9. The van der Waals surface area contributed by atoms with E-state index in [9.17, 15) is 9.59 Å². The Hall–Kier alpha value is -3.42. The fourth-order valence-electron chi connectivity index (χ4n) is 3.06. The Kier molecular flexibility index (Phi) is 6.68. The Labute approximate surface area is 196 Å². The Morgan fingerprint density at radius 2 is 1.72 bits per heavy atom. The Bertz CT molecular complexity index is 1170. The zero-order valence-electron chi connectivity index (χ0n) is 17.3. The van der Waals surface area contributed by atoms with E-state index in [0.717, 1.165) is 22.5 Å². The molecule has 0 spiro atoms. The lowest BCUT2D eigenvalue weighted by Gasteiger charge is -2.14. The van der Waals surface area contributed by atoms with E-state index in [2.05, 4.69) is 5.32 Å². The van der Waals surface area contributed by atoms with Crippen LogP contribution in [-0.2, 0) is 9.59 Å². The van der Waals surface area contributed by atoms with Crippen molar-refractivity contribution in [3.8, 4) is 5.75 Å². The third-order valence-corrected chi connectivity index (χ3v) is 5.99. The fourth-order valence-corrected chi connectivity index (χ4v) is 4.36.